The molecule has 0 radical (unpaired) electrons. The highest BCUT2D eigenvalue weighted by atomic mass is 35.5. The predicted octanol–water partition coefficient (Wildman–Crippen LogP) is 3.18. The minimum Gasteiger partial charge on any atom is -0.367 e. The number of nitrogens with zero attached hydrogens (tertiary/aromatic N) is 4. The molecule has 2 aromatic heterocycles. The Labute approximate surface area is 170 Å². The number of hydrogen-bond acceptors (Lipinski definition) is 5. The van der Waals surface area contributed by atoms with Crippen LogP contribution in [0.25, 0.3) is 5.52 Å². The Morgan fingerprint density at radius 3 is 2.61 bits per heavy atom. The smallest absolute Gasteiger partial charge is 0.238 e. The maximum absolute atomic E-state index is 12.7. The van der Waals surface area contributed by atoms with Crippen LogP contribution in [-0.2, 0) is 15.4 Å². The van der Waals surface area contributed by atoms with Gasteiger partial charge in [0.15, 0.2) is 0 Å². The summed E-state index contributed by atoms with van der Waals surface area (Å²) in [6.07, 6.45) is 7.75. The molecule has 1 atom stereocenters. The Kier molecular flexibility index (Phi) is 6.17. The summed E-state index contributed by atoms with van der Waals surface area (Å²) in [7, 11) is -3.17. The molecule has 1 aliphatic heterocycles. The van der Waals surface area contributed by atoms with E-state index in [0.717, 1.165) is 18.2 Å². The fraction of sp³-hybridized carbons (Fsp3) is 0.667. The van der Waals surface area contributed by atoms with Gasteiger partial charge in [-0.15, -0.1) is 5.10 Å². The zero-order valence-electron chi connectivity index (χ0n) is 16.2. The molecule has 1 saturated carbocycles. The first-order valence-corrected chi connectivity index (χ1v) is 11.8. The average molecular weight is 432 g/mol. The molecule has 1 saturated heterocycles. The van der Waals surface area contributed by atoms with Crippen LogP contribution < -0.4 is 5.73 Å². The van der Waals surface area contributed by atoms with Gasteiger partial charge in [0.25, 0.3) is 0 Å². The molecule has 2 aliphatic rings. The molecule has 4 rings (SSSR count). The Morgan fingerprint density at radius 2 is 2.11 bits per heavy atom. The van der Waals surface area contributed by atoms with E-state index in [9.17, 15) is 12.8 Å². The molecule has 0 aromatic carbocycles. The molecular weight excluding hydrogens is 405 g/mol. The summed E-state index contributed by atoms with van der Waals surface area (Å²) in [4.78, 5) is 3.99. The van der Waals surface area contributed by atoms with Gasteiger partial charge in [-0.1, -0.05) is 24.9 Å². The van der Waals surface area contributed by atoms with Crippen molar-refractivity contribution in [3.05, 3.63) is 23.0 Å². The van der Waals surface area contributed by atoms with E-state index in [1.54, 1.807) is 6.20 Å². The molecule has 28 heavy (non-hydrogen) atoms. The van der Waals surface area contributed by atoms with Crippen molar-refractivity contribution >= 4 is 33.1 Å². The third-order valence-electron chi connectivity index (χ3n) is 5.81. The number of nitrogens with two attached hydrogens (primary N) is 1. The summed E-state index contributed by atoms with van der Waals surface area (Å²) in [6, 6.07) is 2.02. The molecule has 1 aliphatic carbocycles. The molecule has 0 bridgehead atoms. The SMILES string of the molecule is CCC1(c2cc(Cl)c3cnc(N)nn23)CCC1.CS(=O)(=O)N1CCCC(F)C1. The number of nitrogen functional groups attached to an aromatic ring is 1. The first-order chi connectivity index (χ1) is 13.2. The fourth-order valence-corrected chi connectivity index (χ4v) is 5.06. The van der Waals surface area contributed by atoms with Crippen LogP contribution in [0.2, 0.25) is 5.02 Å². The number of halogens is 2. The lowest BCUT2D eigenvalue weighted by Crippen LogP contribution is -2.39. The molecule has 2 fully saturated rings. The van der Waals surface area contributed by atoms with Crippen LogP contribution in [0.1, 0.15) is 51.1 Å². The fourth-order valence-electron chi connectivity index (χ4n) is 3.93. The van der Waals surface area contributed by atoms with Gasteiger partial charge < -0.3 is 5.73 Å². The van der Waals surface area contributed by atoms with Gasteiger partial charge in [-0.2, -0.15) is 4.31 Å². The Morgan fingerprint density at radius 1 is 1.39 bits per heavy atom. The number of piperidine rings is 1. The van der Waals surface area contributed by atoms with Crippen LogP contribution in [0.4, 0.5) is 10.3 Å². The zero-order chi connectivity index (χ0) is 20.5. The third kappa shape index (κ3) is 4.26. The monoisotopic (exact) mass is 431 g/mol. The van der Waals surface area contributed by atoms with E-state index in [2.05, 4.69) is 17.0 Å². The molecule has 7 nitrogen and oxygen atoms in total. The van der Waals surface area contributed by atoms with Crippen molar-refractivity contribution in [1.82, 2.24) is 18.9 Å². The highest BCUT2D eigenvalue weighted by Crippen LogP contribution is 2.47. The maximum Gasteiger partial charge on any atom is 0.238 e. The summed E-state index contributed by atoms with van der Waals surface area (Å²) < 4.78 is 37.5. The third-order valence-corrected chi connectivity index (χ3v) is 7.38. The largest absolute Gasteiger partial charge is 0.367 e. The Hall–Kier alpha value is -1.45. The summed E-state index contributed by atoms with van der Waals surface area (Å²) >= 11 is 6.23. The summed E-state index contributed by atoms with van der Waals surface area (Å²) in [5, 5.41) is 5.00. The zero-order valence-corrected chi connectivity index (χ0v) is 17.8. The van der Waals surface area contributed by atoms with E-state index < -0.39 is 16.2 Å². The van der Waals surface area contributed by atoms with Crippen molar-refractivity contribution in [2.45, 2.75) is 57.0 Å². The molecule has 1 unspecified atom stereocenters. The summed E-state index contributed by atoms with van der Waals surface area (Å²) in [5.41, 5.74) is 7.92. The molecule has 156 valence electrons. The van der Waals surface area contributed by atoms with Gasteiger partial charge in [-0.05, 0) is 38.2 Å². The standard InChI is InChI=1S/C12H15ClN4.C6H12FNO2S/c1-2-12(4-3-5-12)10-6-8(13)9-7-15-11(14)16-17(9)10;1-11(9,10)8-4-2-3-6(7)5-8/h6-7H,2-5H2,1H3,(H2,14,16);6H,2-5H2,1H3. The van der Waals surface area contributed by atoms with Crippen LogP contribution in [0, 0.1) is 0 Å². The first kappa shape index (κ1) is 21.3. The van der Waals surface area contributed by atoms with E-state index >= 15 is 0 Å². The van der Waals surface area contributed by atoms with Crippen molar-refractivity contribution in [2.24, 2.45) is 0 Å². The predicted molar refractivity (Wildman–Crippen MR) is 109 cm³/mol. The second-order valence-corrected chi connectivity index (χ2v) is 10.0. The van der Waals surface area contributed by atoms with Crippen molar-refractivity contribution in [3.8, 4) is 0 Å². The Bertz CT molecular complexity index is 939. The van der Waals surface area contributed by atoms with Crippen LogP contribution in [-0.4, -0.2) is 52.8 Å². The second kappa shape index (κ2) is 8.12. The number of fused-ring (bicyclic) bond motifs is 1. The van der Waals surface area contributed by atoms with Crippen LogP contribution in [0.5, 0.6) is 0 Å². The lowest BCUT2D eigenvalue weighted by molar-refractivity contribution is 0.203. The van der Waals surface area contributed by atoms with Gasteiger partial charge in [0.05, 0.1) is 23.2 Å². The molecule has 2 aromatic rings. The van der Waals surface area contributed by atoms with Gasteiger partial charge >= 0.3 is 0 Å². The molecule has 3 heterocycles. The van der Waals surface area contributed by atoms with Crippen molar-refractivity contribution in [3.63, 3.8) is 0 Å². The quantitative estimate of drug-likeness (QED) is 0.805. The van der Waals surface area contributed by atoms with E-state index in [0.29, 0.717) is 24.4 Å². The number of alkyl halides is 1. The van der Waals surface area contributed by atoms with Crippen molar-refractivity contribution < 1.29 is 12.8 Å². The number of sulfonamides is 1. The lowest BCUT2D eigenvalue weighted by atomic mass is 9.65. The van der Waals surface area contributed by atoms with Gasteiger partial charge in [-0.3, -0.25) is 0 Å². The minimum absolute atomic E-state index is 0.0405. The van der Waals surface area contributed by atoms with Crippen LogP contribution in [0.15, 0.2) is 12.3 Å². The second-order valence-electron chi connectivity index (χ2n) is 7.64. The van der Waals surface area contributed by atoms with Gasteiger partial charge in [0, 0.05) is 18.5 Å². The van der Waals surface area contributed by atoms with Gasteiger partial charge in [0.1, 0.15) is 11.7 Å². The summed E-state index contributed by atoms with van der Waals surface area (Å²) in [6.45, 7) is 2.73. The van der Waals surface area contributed by atoms with E-state index in [1.165, 1.54) is 29.3 Å². The average Bonchev–Trinajstić information content (AvgIpc) is 2.91. The molecular formula is C18H27ClFN5O2S. The highest BCUT2D eigenvalue weighted by molar-refractivity contribution is 7.88. The van der Waals surface area contributed by atoms with E-state index in [4.69, 9.17) is 17.3 Å². The first-order valence-electron chi connectivity index (χ1n) is 9.56. The van der Waals surface area contributed by atoms with Crippen molar-refractivity contribution in [2.75, 3.05) is 25.1 Å². The van der Waals surface area contributed by atoms with E-state index in [-0.39, 0.29) is 17.9 Å². The number of aromatic nitrogens is 3. The molecule has 0 spiro atoms. The van der Waals surface area contributed by atoms with Crippen LogP contribution >= 0.6 is 11.6 Å². The van der Waals surface area contributed by atoms with Gasteiger partial charge in [-0.25, -0.2) is 22.3 Å². The number of rotatable bonds is 3. The highest BCUT2D eigenvalue weighted by Gasteiger charge is 2.39. The molecule has 2 N–H and O–H groups in total. The minimum atomic E-state index is -3.17. The van der Waals surface area contributed by atoms with Crippen LogP contribution in [0.3, 0.4) is 0 Å². The summed E-state index contributed by atoms with van der Waals surface area (Å²) in [5.74, 6) is 0.289. The Balaban J connectivity index is 0.000000178. The van der Waals surface area contributed by atoms with Crippen molar-refractivity contribution in [1.29, 1.82) is 0 Å². The topological polar surface area (TPSA) is 93.6 Å². The van der Waals surface area contributed by atoms with E-state index in [1.807, 2.05) is 10.6 Å². The molecule has 10 heteroatoms. The lowest BCUT2D eigenvalue weighted by Gasteiger charge is -2.40. The number of anilines is 1. The number of hydrogen-bond donors (Lipinski definition) is 1. The maximum atomic E-state index is 12.7. The van der Waals surface area contributed by atoms with Gasteiger partial charge in [0.2, 0.25) is 16.0 Å². The normalized spacial score (nSPS) is 22.4. The molecule has 0 amide bonds.